The second-order valence-corrected chi connectivity index (χ2v) is 4.60. The molecule has 0 aliphatic heterocycles. The van der Waals surface area contributed by atoms with Gasteiger partial charge < -0.3 is 15.7 Å². The van der Waals surface area contributed by atoms with Gasteiger partial charge in [-0.25, -0.2) is 18.4 Å². The van der Waals surface area contributed by atoms with Crippen molar-refractivity contribution in [2.75, 3.05) is 0 Å². The zero-order chi connectivity index (χ0) is 15.8. The van der Waals surface area contributed by atoms with E-state index in [1.807, 2.05) is 6.92 Å². The van der Waals surface area contributed by atoms with Gasteiger partial charge in [0.1, 0.15) is 17.7 Å². The van der Waals surface area contributed by atoms with Crippen LogP contribution in [-0.4, -0.2) is 23.1 Å². The van der Waals surface area contributed by atoms with E-state index in [1.165, 1.54) is 0 Å². The molecule has 3 N–H and O–H groups in total. The van der Waals surface area contributed by atoms with Gasteiger partial charge in [-0.05, 0) is 24.6 Å². The highest BCUT2D eigenvalue weighted by atomic mass is 19.1. The number of carbonyl (C=O) groups is 2. The molecule has 1 atom stereocenters. The Bertz CT molecular complexity index is 509. The average Bonchev–Trinajstić information content (AvgIpc) is 2.44. The number of hydrogen-bond donors (Lipinski definition) is 3. The Morgan fingerprint density at radius 3 is 2.67 bits per heavy atom. The molecule has 0 spiro atoms. The first-order valence-corrected chi connectivity index (χ1v) is 6.65. The van der Waals surface area contributed by atoms with E-state index in [2.05, 4.69) is 10.6 Å². The van der Waals surface area contributed by atoms with Crippen LogP contribution in [0.15, 0.2) is 18.2 Å². The van der Waals surface area contributed by atoms with Gasteiger partial charge in [-0.15, -0.1) is 0 Å². The number of carboxylic acids is 1. The molecule has 21 heavy (non-hydrogen) atoms. The molecule has 5 nitrogen and oxygen atoms in total. The fraction of sp³-hybridized carbons (Fsp3) is 0.429. The zero-order valence-electron chi connectivity index (χ0n) is 11.7. The van der Waals surface area contributed by atoms with Crippen molar-refractivity contribution in [1.82, 2.24) is 10.6 Å². The van der Waals surface area contributed by atoms with Gasteiger partial charge >= 0.3 is 12.0 Å². The van der Waals surface area contributed by atoms with Gasteiger partial charge in [0.25, 0.3) is 0 Å². The highest BCUT2D eigenvalue weighted by Gasteiger charge is 2.19. The number of urea groups is 1. The predicted molar refractivity (Wildman–Crippen MR) is 72.7 cm³/mol. The van der Waals surface area contributed by atoms with Crippen molar-refractivity contribution in [2.24, 2.45) is 0 Å². The molecule has 1 aromatic rings. The van der Waals surface area contributed by atoms with Gasteiger partial charge in [-0.3, -0.25) is 0 Å². The highest BCUT2D eigenvalue weighted by Crippen LogP contribution is 2.09. The molecule has 0 heterocycles. The Labute approximate surface area is 121 Å². The molecule has 0 saturated heterocycles. The van der Waals surface area contributed by atoms with Crippen molar-refractivity contribution < 1.29 is 23.5 Å². The fourth-order valence-electron chi connectivity index (χ4n) is 1.73. The summed E-state index contributed by atoms with van der Waals surface area (Å²) in [7, 11) is 0. The number of aliphatic carboxylic acids is 1. The van der Waals surface area contributed by atoms with E-state index >= 15 is 0 Å². The molecule has 7 heteroatoms. The quantitative estimate of drug-likeness (QED) is 0.723. The summed E-state index contributed by atoms with van der Waals surface area (Å²) in [6.07, 6.45) is 1.78. The lowest BCUT2D eigenvalue weighted by molar-refractivity contribution is -0.139. The van der Waals surface area contributed by atoms with Crippen LogP contribution in [0.4, 0.5) is 13.6 Å². The normalized spacial score (nSPS) is 11.8. The third-order valence-electron chi connectivity index (χ3n) is 2.90. The number of carbonyl (C=O) groups excluding carboxylic acids is 1. The van der Waals surface area contributed by atoms with Crippen LogP contribution in [0.1, 0.15) is 31.7 Å². The number of hydrogen-bond acceptors (Lipinski definition) is 2. The first kappa shape index (κ1) is 16.9. The summed E-state index contributed by atoms with van der Waals surface area (Å²) in [6, 6.07) is 1.18. The monoisotopic (exact) mass is 300 g/mol. The van der Waals surface area contributed by atoms with E-state index in [0.29, 0.717) is 12.8 Å². The van der Waals surface area contributed by atoms with Crippen LogP contribution in [0.3, 0.4) is 0 Å². The third kappa shape index (κ3) is 5.76. The van der Waals surface area contributed by atoms with Gasteiger partial charge in [-0.1, -0.05) is 19.8 Å². The van der Waals surface area contributed by atoms with Gasteiger partial charge in [0.05, 0.1) is 0 Å². The van der Waals surface area contributed by atoms with Crippen molar-refractivity contribution in [3.63, 3.8) is 0 Å². The molecule has 0 fully saturated rings. The minimum absolute atomic E-state index is 0.00872. The number of unbranched alkanes of at least 4 members (excludes halogenated alkanes) is 1. The minimum atomic E-state index is -1.13. The van der Waals surface area contributed by atoms with Gasteiger partial charge in [0, 0.05) is 12.1 Å². The lowest BCUT2D eigenvalue weighted by Crippen LogP contribution is -2.45. The fourth-order valence-corrected chi connectivity index (χ4v) is 1.73. The summed E-state index contributed by atoms with van der Waals surface area (Å²) >= 11 is 0. The standard InChI is InChI=1S/C14H18F2N2O3/c1-2-3-4-12(13(19)20)18-14(21)17-8-9-7-10(15)5-6-11(9)16/h5-7,12H,2-4,8H2,1H3,(H,19,20)(H2,17,18,21)/t12-/m0/s1. The van der Waals surface area contributed by atoms with E-state index in [9.17, 15) is 18.4 Å². The molecule has 2 amide bonds. The number of benzene rings is 1. The molecular formula is C14H18F2N2O3. The molecule has 0 aromatic heterocycles. The molecule has 0 bridgehead atoms. The molecule has 0 unspecified atom stereocenters. The maximum absolute atomic E-state index is 13.3. The number of carboxylic acid groups (broad SMARTS) is 1. The molecule has 0 aliphatic carbocycles. The highest BCUT2D eigenvalue weighted by molar-refractivity contribution is 5.82. The number of rotatable bonds is 7. The SMILES string of the molecule is CCCC[C@H](NC(=O)NCc1cc(F)ccc1F)C(=O)O. The van der Waals surface area contributed by atoms with Crippen molar-refractivity contribution >= 4 is 12.0 Å². The van der Waals surface area contributed by atoms with Gasteiger partial charge in [0.15, 0.2) is 0 Å². The summed E-state index contributed by atoms with van der Waals surface area (Å²) in [5.41, 5.74) is -0.00872. The summed E-state index contributed by atoms with van der Waals surface area (Å²) in [5, 5.41) is 13.6. The van der Waals surface area contributed by atoms with Crippen molar-refractivity contribution in [1.29, 1.82) is 0 Å². The smallest absolute Gasteiger partial charge is 0.326 e. The molecular weight excluding hydrogens is 282 g/mol. The van der Waals surface area contributed by atoms with Crippen LogP contribution < -0.4 is 10.6 Å². The number of nitrogens with one attached hydrogen (secondary N) is 2. The summed E-state index contributed by atoms with van der Waals surface area (Å²) in [5.74, 6) is -2.38. The molecule has 116 valence electrons. The molecule has 0 radical (unpaired) electrons. The molecule has 0 saturated carbocycles. The maximum atomic E-state index is 13.3. The number of halogens is 2. The Morgan fingerprint density at radius 2 is 2.05 bits per heavy atom. The van der Waals surface area contributed by atoms with Crippen molar-refractivity contribution in [3.05, 3.63) is 35.4 Å². The van der Waals surface area contributed by atoms with E-state index in [0.717, 1.165) is 24.6 Å². The first-order valence-electron chi connectivity index (χ1n) is 6.65. The second kappa shape index (κ2) is 8.18. The van der Waals surface area contributed by atoms with E-state index in [-0.39, 0.29) is 12.1 Å². The topological polar surface area (TPSA) is 78.4 Å². The average molecular weight is 300 g/mol. The lowest BCUT2D eigenvalue weighted by atomic mass is 10.1. The molecule has 0 aliphatic rings. The predicted octanol–water partition coefficient (Wildman–Crippen LogP) is 2.41. The van der Waals surface area contributed by atoms with Gasteiger partial charge in [-0.2, -0.15) is 0 Å². The van der Waals surface area contributed by atoms with E-state index in [4.69, 9.17) is 5.11 Å². The van der Waals surface area contributed by atoms with Crippen molar-refractivity contribution in [2.45, 2.75) is 38.8 Å². The Balaban J connectivity index is 2.52. The second-order valence-electron chi connectivity index (χ2n) is 4.60. The third-order valence-corrected chi connectivity index (χ3v) is 2.90. The molecule has 1 rings (SSSR count). The summed E-state index contributed by atoms with van der Waals surface area (Å²) < 4.78 is 26.3. The zero-order valence-corrected chi connectivity index (χ0v) is 11.7. The van der Waals surface area contributed by atoms with E-state index < -0.39 is 29.7 Å². The number of amides is 2. The van der Waals surface area contributed by atoms with Crippen molar-refractivity contribution in [3.8, 4) is 0 Å². The Hall–Kier alpha value is -2.18. The Kier molecular flexibility index (Phi) is 6.58. The van der Waals surface area contributed by atoms with Gasteiger partial charge in [0.2, 0.25) is 0 Å². The van der Waals surface area contributed by atoms with Crippen LogP contribution in [-0.2, 0) is 11.3 Å². The van der Waals surface area contributed by atoms with Crippen LogP contribution in [0.25, 0.3) is 0 Å². The largest absolute Gasteiger partial charge is 0.480 e. The minimum Gasteiger partial charge on any atom is -0.480 e. The first-order chi connectivity index (χ1) is 9.93. The summed E-state index contributed by atoms with van der Waals surface area (Å²) in [4.78, 5) is 22.6. The van der Waals surface area contributed by atoms with Crippen LogP contribution >= 0.6 is 0 Å². The van der Waals surface area contributed by atoms with Crippen LogP contribution in [0.2, 0.25) is 0 Å². The molecule has 1 aromatic carbocycles. The Morgan fingerprint density at radius 1 is 1.33 bits per heavy atom. The van der Waals surface area contributed by atoms with E-state index in [1.54, 1.807) is 0 Å². The maximum Gasteiger partial charge on any atom is 0.326 e. The van der Waals surface area contributed by atoms with Crippen LogP contribution in [0.5, 0.6) is 0 Å². The summed E-state index contributed by atoms with van der Waals surface area (Å²) in [6.45, 7) is 1.68. The lowest BCUT2D eigenvalue weighted by Gasteiger charge is -2.15. The van der Waals surface area contributed by atoms with Crippen LogP contribution in [0, 0.1) is 11.6 Å².